The van der Waals surface area contributed by atoms with Gasteiger partial charge in [-0.05, 0) is 54.4 Å². The van der Waals surface area contributed by atoms with Crippen LogP contribution in [0.4, 0.5) is 5.69 Å². The SMILES string of the molecule is CC1CC(C(=O)Nc2ccccc2Br)CCN1. The molecule has 1 aliphatic rings. The van der Waals surface area contributed by atoms with Crippen molar-refractivity contribution in [2.75, 3.05) is 11.9 Å². The topological polar surface area (TPSA) is 41.1 Å². The largest absolute Gasteiger partial charge is 0.325 e. The van der Waals surface area contributed by atoms with Crippen LogP contribution in [0.25, 0.3) is 0 Å². The molecule has 1 saturated heterocycles. The van der Waals surface area contributed by atoms with Gasteiger partial charge < -0.3 is 10.6 Å². The van der Waals surface area contributed by atoms with E-state index in [1.807, 2.05) is 24.3 Å². The third-order valence-corrected chi connectivity index (χ3v) is 3.82. The molecule has 2 rings (SSSR count). The van der Waals surface area contributed by atoms with Gasteiger partial charge in [0, 0.05) is 16.4 Å². The summed E-state index contributed by atoms with van der Waals surface area (Å²) in [6.45, 7) is 3.05. The Morgan fingerprint density at radius 2 is 2.24 bits per heavy atom. The predicted octanol–water partition coefficient (Wildman–Crippen LogP) is 2.78. The van der Waals surface area contributed by atoms with E-state index in [1.165, 1.54) is 0 Å². The first-order valence-electron chi connectivity index (χ1n) is 5.95. The van der Waals surface area contributed by atoms with Crippen molar-refractivity contribution in [2.45, 2.75) is 25.8 Å². The van der Waals surface area contributed by atoms with Crippen LogP contribution in [0.3, 0.4) is 0 Å². The smallest absolute Gasteiger partial charge is 0.227 e. The number of hydrogen-bond donors (Lipinski definition) is 2. The summed E-state index contributed by atoms with van der Waals surface area (Å²) in [5.41, 5.74) is 0.851. The summed E-state index contributed by atoms with van der Waals surface area (Å²) in [7, 11) is 0. The maximum absolute atomic E-state index is 12.1. The van der Waals surface area contributed by atoms with Crippen LogP contribution in [0.5, 0.6) is 0 Å². The van der Waals surface area contributed by atoms with E-state index < -0.39 is 0 Å². The Morgan fingerprint density at radius 1 is 1.47 bits per heavy atom. The highest BCUT2D eigenvalue weighted by Gasteiger charge is 2.24. The molecule has 3 nitrogen and oxygen atoms in total. The van der Waals surface area contributed by atoms with Crippen molar-refractivity contribution < 1.29 is 4.79 Å². The average Bonchev–Trinajstić information content (AvgIpc) is 2.32. The molecule has 4 heteroatoms. The second-order valence-corrected chi connectivity index (χ2v) is 5.40. The molecule has 1 aromatic rings. The predicted molar refractivity (Wildman–Crippen MR) is 73.0 cm³/mol. The quantitative estimate of drug-likeness (QED) is 0.881. The number of anilines is 1. The van der Waals surface area contributed by atoms with Gasteiger partial charge in [-0.15, -0.1) is 0 Å². The summed E-state index contributed by atoms with van der Waals surface area (Å²) in [5.74, 6) is 0.253. The number of rotatable bonds is 2. The number of carbonyl (C=O) groups is 1. The lowest BCUT2D eigenvalue weighted by molar-refractivity contribution is -0.120. The second-order valence-electron chi connectivity index (χ2n) is 4.55. The maximum atomic E-state index is 12.1. The van der Waals surface area contributed by atoms with Crippen LogP contribution in [0.1, 0.15) is 19.8 Å². The molecule has 0 bridgehead atoms. The Balaban J connectivity index is 1.99. The molecule has 2 atom stereocenters. The molecule has 1 heterocycles. The van der Waals surface area contributed by atoms with Gasteiger partial charge in [-0.1, -0.05) is 12.1 Å². The highest BCUT2D eigenvalue weighted by molar-refractivity contribution is 9.10. The van der Waals surface area contributed by atoms with Crippen molar-refractivity contribution in [1.82, 2.24) is 5.32 Å². The van der Waals surface area contributed by atoms with E-state index >= 15 is 0 Å². The van der Waals surface area contributed by atoms with Crippen molar-refractivity contribution in [3.05, 3.63) is 28.7 Å². The summed E-state index contributed by atoms with van der Waals surface area (Å²) in [5, 5.41) is 6.34. The maximum Gasteiger partial charge on any atom is 0.227 e. The summed E-state index contributed by atoms with van der Waals surface area (Å²) in [6.07, 6.45) is 1.83. The Kier molecular flexibility index (Phi) is 4.18. The molecule has 1 fully saturated rings. The summed E-state index contributed by atoms with van der Waals surface area (Å²) in [6, 6.07) is 8.13. The number of nitrogens with one attached hydrogen (secondary N) is 2. The van der Waals surface area contributed by atoms with Crippen LogP contribution < -0.4 is 10.6 Å². The fourth-order valence-electron chi connectivity index (χ4n) is 2.17. The Hall–Kier alpha value is -0.870. The van der Waals surface area contributed by atoms with Crippen LogP contribution >= 0.6 is 15.9 Å². The zero-order chi connectivity index (χ0) is 12.3. The van der Waals surface area contributed by atoms with E-state index in [-0.39, 0.29) is 11.8 Å². The first kappa shape index (κ1) is 12.6. The molecule has 92 valence electrons. The van der Waals surface area contributed by atoms with Crippen LogP contribution in [0.15, 0.2) is 28.7 Å². The van der Waals surface area contributed by atoms with E-state index in [9.17, 15) is 4.79 Å². The van der Waals surface area contributed by atoms with Crippen molar-refractivity contribution >= 4 is 27.5 Å². The molecule has 0 spiro atoms. The second kappa shape index (κ2) is 5.65. The molecule has 0 aromatic heterocycles. The molecule has 1 aliphatic heterocycles. The summed E-state index contributed by atoms with van der Waals surface area (Å²) >= 11 is 3.43. The standard InChI is InChI=1S/C13H17BrN2O/c1-9-8-10(6-7-15-9)13(17)16-12-5-3-2-4-11(12)14/h2-5,9-10,15H,6-8H2,1H3,(H,16,17). The third kappa shape index (κ3) is 3.30. The third-order valence-electron chi connectivity index (χ3n) is 3.13. The van der Waals surface area contributed by atoms with Gasteiger partial charge in [-0.3, -0.25) is 4.79 Å². The van der Waals surface area contributed by atoms with E-state index in [0.29, 0.717) is 6.04 Å². The van der Waals surface area contributed by atoms with Gasteiger partial charge in [-0.2, -0.15) is 0 Å². The number of piperidine rings is 1. The van der Waals surface area contributed by atoms with Gasteiger partial charge in [-0.25, -0.2) is 0 Å². The number of carbonyl (C=O) groups excluding carboxylic acids is 1. The lowest BCUT2D eigenvalue weighted by Crippen LogP contribution is -2.40. The van der Waals surface area contributed by atoms with Crippen molar-refractivity contribution in [3.63, 3.8) is 0 Å². The molecule has 2 N–H and O–H groups in total. The molecule has 1 aromatic carbocycles. The monoisotopic (exact) mass is 296 g/mol. The van der Waals surface area contributed by atoms with Crippen molar-refractivity contribution in [2.24, 2.45) is 5.92 Å². The molecule has 1 amide bonds. The van der Waals surface area contributed by atoms with Gasteiger partial charge >= 0.3 is 0 Å². The van der Waals surface area contributed by atoms with Gasteiger partial charge in [0.25, 0.3) is 0 Å². The fourth-order valence-corrected chi connectivity index (χ4v) is 2.55. The minimum absolute atomic E-state index is 0.123. The molecule has 0 aliphatic carbocycles. The van der Waals surface area contributed by atoms with E-state index in [4.69, 9.17) is 0 Å². The highest BCUT2D eigenvalue weighted by Crippen LogP contribution is 2.24. The fraction of sp³-hybridized carbons (Fsp3) is 0.462. The molecular formula is C13H17BrN2O. The van der Waals surface area contributed by atoms with Gasteiger partial charge in [0.1, 0.15) is 0 Å². The van der Waals surface area contributed by atoms with Gasteiger partial charge in [0.05, 0.1) is 5.69 Å². The van der Waals surface area contributed by atoms with E-state index in [0.717, 1.165) is 29.5 Å². The number of para-hydroxylation sites is 1. The van der Waals surface area contributed by atoms with Crippen LogP contribution in [0.2, 0.25) is 0 Å². The highest BCUT2D eigenvalue weighted by atomic mass is 79.9. The molecule has 17 heavy (non-hydrogen) atoms. The van der Waals surface area contributed by atoms with Crippen LogP contribution in [-0.4, -0.2) is 18.5 Å². The molecule has 2 unspecified atom stereocenters. The first-order valence-corrected chi connectivity index (χ1v) is 6.75. The van der Waals surface area contributed by atoms with Crippen LogP contribution in [0, 0.1) is 5.92 Å². The van der Waals surface area contributed by atoms with Crippen LogP contribution in [-0.2, 0) is 4.79 Å². The van der Waals surface area contributed by atoms with Crippen molar-refractivity contribution in [1.29, 1.82) is 0 Å². The first-order chi connectivity index (χ1) is 8.16. The normalized spacial score (nSPS) is 24.4. The Bertz CT molecular complexity index is 408. The Labute approximate surface area is 110 Å². The lowest BCUT2D eigenvalue weighted by atomic mass is 9.92. The van der Waals surface area contributed by atoms with Gasteiger partial charge in [0.15, 0.2) is 0 Å². The lowest BCUT2D eigenvalue weighted by Gasteiger charge is -2.27. The minimum Gasteiger partial charge on any atom is -0.325 e. The van der Waals surface area contributed by atoms with Crippen molar-refractivity contribution in [3.8, 4) is 0 Å². The zero-order valence-corrected chi connectivity index (χ0v) is 11.5. The average molecular weight is 297 g/mol. The zero-order valence-electron chi connectivity index (χ0n) is 9.87. The molecule has 0 radical (unpaired) electrons. The number of amides is 1. The Morgan fingerprint density at radius 3 is 2.94 bits per heavy atom. The summed E-state index contributed by atoms with van der Waals surface area (Å²) in [4.78, 5) is 12.1. The molecular weight excluding hydrogens is 280 g/mol. The number of halogens is 1. The molecule has 0 saturated carbocycles. The van der Waals surface area contributed by atoms with E-state index in [2.05, 4.69) is 33.5 Å². The number of benzene rings is 1. The van der Waals surface area contributed by atoms with E-state index in [1.54, 1.807) is 0 Å². The number of hydrogen-bond acceptors (Lipinski definition) is 2. The summed E-state index contributed by atoms with van der Waals surface area (Å²) < 4.78 is 0.926. The minimum atomic E-state index is 0.123. The van der Waals surface area contributed by atoms with Gasteiger partial charge in [0.2, 0.25) is 5.91 Å².